The van der Waals surface area contributed by atoms with Crippen molar-refractivity contribution in [2.75, 3.05) is 12.3 Å². The highest BCUT2D eigenvalue weighted by atomic mass is 31.2. The summed E-state index contributed by atoms with van der Waals surface area (Å²) in [4.78, 5) is 39.2. The number of carbonyl (C=O) groups excluding carboxylic acids is 3. The number of hydrogen-bond donors (Lipinski definition) is 2. The van der Waals surface area contributed by atoms with Crippen LogP contribution in [0.25, 0.3) is 5.52 Å². The lowest BCUT2D eigenvalue weighted by Crippen LogP contribution is -2.50. The van der Waals surface area contributed by atoms with Gasteiger partial charge in [0.2, 0.25) is 5.60 Å². The predicted molar refractivity (Wildman–Crippen MR) is 180 cm³/mol. The second-order valence-corrected chi connectivity index (χ2v) is 15.2. The Labute approximate surface area is 290 Å². The minimum atomic E-state index is -4.56. The van der Waals surface area contributed by atoms with Crippen molar-refractivity contribution in [2.45, 2.75) is 90.9 Å². The molecule has 6 atom stereocenters. The zero-order valence-corrected chi connectivity index (χ0v) is 30.2. The molecule has 3 aromatic rings. The first-order chi connectivity index (χ1) is 23.4. The highest BCUT2D eigenvalue weighted by Crippen LogP contribution is 2.50. The van der Waals surface area contributed by atoms with Crippen LogP contribution in [-0.2, 0) is 42.4 Å². The number of rotatable bonds is 13. The summed E-state index contributed by atoms with van der Waals surface area (Å²) >= 11 is 0. The number of nitrogen functional groups attached to an aromatic ring is 1. The predicted octanol–water partition coefficient (Wildman–Crippen LogP) is 4.91. The lowest BCUT2D eigenvalue weighted by atomic mass is 9.95. The minimum absolute atomic E-state index is 0.116. The Hall–Kier alpha value is -4.48. The van der Waals surface area contributed by atoms with Crippen LogP contribution in [0.4, 0.5) is 5.69 Å². The molecule has 0 bridgehead atoms. The summed E-state index contributed by atoms with van der Waals surface area (Å²) in [5, 5.41) is 17.7. The van der Waals surface area contributed by atoms with Gasteiger partial charge in [-0.25, -0.2) is 9.08 Å². The maximum Gasteiger partial charge on any atom is 0.459 e. The monoisotopic (exact) mass is 713 g/mol. The molecule has 0 amide bonds. The molecule has 4 rings (SSSR count). The molecule has 0 radical (unpaired) electrons. The summed E-state index contributed by atoms with van der Waals surface area (Å²) in [5.74, 6) is -3.30. The molecule has 50 heavy (non-hydrogen) atoms. The fourth-order valence-electron chi connectivity index (χ4n) is 4.91. The van der Waals surface area contributed by atoms with Gasteiger partial charge >= 0.3 is 25.7 Å². The summed E-state index contributed by atoms with van der Waals surface area (Å²) in [7, 11) is -4.56. The molecule has 0 spiro atoms. The van der Waals surface area contributed by atoms with Crippen LogP contribution < -0.4 is 15.3 Å². The van der Waals surface area contributed by atoms with E-state index in [0.717, 1.165) is 0 Å². The summed E-state index contributed by atoms with van der Waals surface area (Å²) in [6.45, 7) is 12.0. The topological polar surface area (TPSA) is 203 Å². The number of nitrogens with one attached hydrogen (secondary N) is 1. The Morgan fingerprint density at radius 3 is 2.26 bits per heavy atom. The van der Waals surface area contributed by atoms with Gasteiger partial charge in [-0.15, -0.1) is 0 Å². The van der Waals surface area contributed by atoms with Crippen LogP contribution in [0.1, 0.15) is 67.2 Å². The molecule has 1 aromatic carbocycles. The fourth-order valence-corrected chi connectivity index (χ4v) is 6.43. The van der Waals surface area contributed by atoms with E-state index in [0.29, 0.717) is 16.9 Å². The molecule has 2 aromatic heterocycles. The number of carbonyl (C=O) groups is 3. The van der Waals surface area contributed by atoms with Gasteiger partial charge in [0.1, 0.15) is 36.2 Å². The van der Waals surface area contributed by atoms with Gasteiger partial charge in [0.05, 0.1) is 28.7 Å². The minimum Gasteiger partial charge on any atom is -0.459 e. The van der Waals surface area contributed by atoms with E-state index in [4.69, 9.17) is 33.7 Å². The van der Waals surface area contributed by atoms with Crippen molar-refractivity contribution in [1.82, 2.24) is 14.7 Å². The van der Waals surface area contributed by atoms with Crippen LogP contribution >= 0.6 is 7.75 Å². The molecule has 3 N–H and O–H groups in total. The van der Waals surface area contributed by atoms with Crippen molar-refractivity contribution in [3.05, 3.63) is 60.4 Å². The molecule has 16 heteroatoms. The number of hydrogen-bond acceptors (Lipinski definition) is 13. The van der Waals surface area contributed by atoms with Crippen LogP contribution in [0.3, 0.4) is 0 Å². The number of nitrogens with two attached hydrogens (primary N) is 1. The average molecular weight is 714 g/mol. The van der Waals surface area contributed by atoms with E-state index in [9.17, 15) is 24.2 Å². The number of nitrogens with zero attached hydrogens (tertiary/aromatic N) is 3. The second-order valence-electron chi connectivity index (χ2n) is 13.5. The maximum absolute atomic E-state index is 14.4. The van der Waals surface area contributed by atoms with Crippen LogP contribution in [0.2, 0.25) is 0 Å². The number of esters is 3. The molecule has 0 unspecified atom stereocenters. The van der Waals surface area contributed by atoms with Crippen LogP contribution in [0.15, 0.2) is 54.7 Å². The third-order valence-corrected chi connectivity index (χ3v) is 9.08. The van der Waals surface area contributed by atoms with E-state index >= 15 is 0 Å². The van der Waals surface area contributed by atoms with Crippen molar-refractivity contribution in [1.29, 1.82) is 5.26 Å². The van der Waals surface area contributed by atoms with Gasteiger partial charge in [-0.1, -0.05) is 45.9 Å². The van der Waals surface area contributed by atoms with Crippen molar-refractivity contribution >= 4 is 36.9 Å². The van der Waals surface area contributed by atoms with Crippen molar-refractivity contribution < 1.29 is 46.9 Å². The van der Waals surface area contributed by atoms with Crippen LogP contribution in [-0.4, -0.2) is 63.6 Å². The summed E-state index contributed by atoms with van der Waals surface area (Å²) in [6.07, 6.45) is -2.80. The Kier molecular flexibility index (Phi) is 11.6. The number of fused-ring (bicyclic) bond motifs is 1. The third kappa shape index (κ3) is 8.81. The standard InChI is InChI=1S/C34H44N5O10P/c1-20(2)30(40)45-28-27(26-15-14-25-24(36)16-17-37-39(25)26)47-34(18-35,29(28)46-31(41)21(3)4)19-44-50(43,49-23-12-10-9-11-13-23)38-22(5)32(42)48-33(6,7)8/h9-17,20-22,27-29H,19,36H2,1-8H3,(H,38,43)/t22-,27-,28-,29-,34+,50-/m0/s1. The van der Waals surface area contributed by atoms with E-state index in [2.05, 4.69) is 10.2 Å². The van der Waals surface area contributed by atoms with Gasteiger partial charge in [-0.3, -0.25) is 18.9 Å². The highest BCUT2D eigenvalue weighted by molar-refractivity contribution is 7.52. The first-order valence-corrected chi connectivity index (χ1v) is 17.6. The van der Waals surface area contributed by atoms with Gasteiger partial charge < -0.3 is 29.2 Å². The van der Waals surface area contributed by atoms with Crippen LogP contribution in [0, 0.1) is 23.2 Å². The highest BCUT2D eigenvalue weighted by Gasteiger charge is 2.62. The number of aromatic nitrogens is 2. The van der Waals surface area contributed by atoms with Crippen molar-refractivity contribution in [2.24, 2.45) is 11.8 Å². The Morgan fingerprint density at radius 1 is 1.02 bits per heavy atom. The van der Waals surface area contributed by atoms with E-state index in [1.807, 2.05) is 6.07 Å². The maximum atomic E-state index is 14.4. The number of benzene rings is 1. The first kappa shape index (κ1) is 38.3. The molecule has 1 fully saturated rings. The quantitative estimate of drug-likeness (QED) is 0.137. The lowest BCUT2D eigenvalue weighted by molar-refractivity contribution is -0.173. The molecule has 0 aliphatic carbocycles. The largest absolute Gasteiger partial charge is 0.459 e. The number of nitriles is 1. The number of para-hydroxylation sites is 1. The fraction of sp³-hybridized carbons (Fsp3) is 0.500. The third-order valence-electron chi connectivity index (χ3n) is 7.46. The SMILES string of the molecule is CC(C)C(=O)O[C@H]1[C@H](c2ccc3c(N)ccnn23)O[C@](C#N)(CO[P@@](=O)(N[C@@H](C)C(=O)OC(C)(C)C)Oc2ccccc2)[C@H]1OC(=O)C(C)C. The molecule has 0 saturated carbocycles. The van der Waals surface area contributed by atoms with E-state index < -0.39 is 79.7 Å². The zero-order valence-electron chi connectivity index (χ0n) is 29.3. The Morgan fingerprint density at radius 2 is 1.66 bits per heavy atom. The normalized spacial score (nSPS) is 22.5. The lowest BCUT2D eigenvalue weighted by Gasteiger charge is -2.31. The van der Waals surface area contributed by atoms with E-state index in [-0.39, 0.29) is 5.75 Å². The smallest absolute Gasteiger partial charge is 0.459 e. The Bertz CT molecular complexity index is 1780. The first-order valence-electron chi connectivity index (χ1n) is 16.1. The molecule has 15 nitrogen and oxygen atoms in total. The molecule has 3 heterocycles. The van der Waals surface area contributed by atoms with Crippen LogP contribution in [0.5, 0.6) is 5.75 Å². The molecule has 1 aliphatic rings. The Balaban J connectivity index is 1.80. The van der Waals surface area contributed by atoms with Gasteiger partial charge in [0.25, 0.3) is 0 Å². The van der Waals surface area contributed by atoms with Gasteiger partial charge in [0, 0.05) is 6.20 Å². The molecule has 1 saturated heterocycles. The van der Waals surface area contributed by atoms with Crippen molar-refractivity contribution in [3.8, 4) is 11.8 Å². The molecular weight excluding hydrogens is 669 g/mol. The summed E-state index contributed by atoms with van der Waals surface area (Å²) in [6, 6.07) is 13.7. The van der Waals surface area contributed by atoms with Gasteiger partial charge in [-0.05, 0) is 58.0 Å². The second kappa shape index (κ2) is 15.2. The van der Waals surface area contributed by atoms with Gasteiger partial charge in [0.15, 0.2) is 12.2 Å². The number of ether oxygens (including phenoxy) is 4. The molecule has 270 valence electrons. The number of anilines is 1. The summed E-state index contributed by atoms with van der Waals surface area (Å²) < 4.78 is 51.2. The zero-order chi connectivity index (χ0) is 37.0. The molecule has 1 aliphatic heterocycles. The van der Waals surface area contributed by atoms with Gasteiger partial charge in [-0.2, -0.15) is 15.4 Å². The van der Waals surface area contributed by atoms with E-state index in [1.54, 1.807) is 84.9 Å². The summed E-state index contributed by atoms with van der Waals surface area (Å²) in [5.41, 5.74) is 4.28. The van der Waals surface area contributed by atoms with Crippen molar-refractivity contribution in [3.63, 3.8) is 0 Å². The molecular formula is C34H44N5O10P. The van der Waals surface area contributed by atoms with E-state index in [1.165, 1.54) is 29.8 Å². The average Bonchev–Trinajstić information content (AvgIpc) is 3.60.